The van der Waals surface area contributed by atoms with Crippen LogP contribution in [0.1, 0.15) is 38.3 Å². The lowest BCUT2D eigenvalue weighted by atomic mass is 10.1. The molecule has 0 aromatic heterocycles. The van der Waals surface area contributed by atoms with Crippen molar-refractivity contribution < 1.29 is 22.7 Å². The second kappa shape index (κ2) is 10.6. The Kier molecular flexibility index (Phi) is 8.24. The number of carbonyl (C=O) groups excluding carboxylic acids is 2. The van der Waals surface area contributed by atoms with E-state index in [4.69, 9.17) is 4.74 Å². The molecule has 7 nitrogen and oxygen atoms in total. The highest BCUT2D eigenvalue weighted by molar-refractivity contribution is 7.92. The molecule has 2 aromatic carbocycles. The van der Waals surface area contributed by atoms with E-state index in [0.717, 1.165) is 11.1 Å². The maximum Gasteiger partial charge on any atom is 0.329 e. The number of hydrogen-bond acceptors (Lipinski definition) is 5. The molecule has 190 valence electrons. The van der Waals surface area contributed by atoms with E-state index in [1.54, 1.807) is 3.97 Å². The molecule has 1 saturated heterocycles. The first kappa shape index (κ1) is 27.1. The van der Waals surface area contributed by atoms with Gasteiger partial charge in [-0.2, -0.15) is 0 Å². The number of rotatable bonds is 9. The normalized spacial score (nSPS) is 18.8. The number of carbonyl (C=O) groups is 2. The fraction of sp³-hybridized carbons (Fsp3) is 0.462. The Morgan fingerprint density at radius 1 is 1.03 bits per heavy atom. The van der Waals surface area contributed by atoms with E-state index in [-0.39, 0.29) is 36.1 Å². The SMILES string of the molecule is CC(C)(C)[Si](C)(C)N1C(CC(=O)N[C@@H](Cc2ccccc2)C(=O)OCc2ccccc2)CS1(=O)=O. The van der Waals surface area contributed by atoms with Crippen LogP contribution in [0.15, 0.2) is 60.7 Å². The molecule has 9 heteroatoms. The molecule has 1 heterocycles. The lowest BCUT2D eigenvalue weighted by Gasteiger charge is -2.53. The number of sulfonamides is 1. The van der Waals surface area contributed by atoms with Crippen LogP contribution in [0.25, 0.3) is 0 Å². The van der Waals surface area contributed by atoms with Gasteiger partial charge in [0.05, 0.1) is 5.75 Å². The van der Waals surface area contributed by atoms with E-state index < -0.39 is 36.3 Å². The van der Waals surface area contributed by atoms with Gasteiger partial charge in [-0.25, -0.2) is 17.2 Å². The topological polar surface area (TPSA) is 92.8 Å². The summed E-state index contributed by atoms with van der Waals surface area (Å²) >= 11 is 0. The maximum absolute atomic E-state index is 13.0. The molecule has 1 N–H and O–H groups in total. The van der Waals surface area contributed by atoms with Crippen LogP contribution < -0.4 is 5.32 Å². The van der Waals surface area contributed by atoms with Crippen LogP contribution >= 0.6 is 0 Å². The summed E-state index contributed by atoms with van der Waals surface area (Å²) in [4.78, 5) is 26.0. The van der Waals surface area contributed by atoms with Crippen molar-refractivity contribution in [3.63, 3.8) is 0 Å². The van der Waals surface area contributed by atoms with Crippen molar-refractivity contribution in [3.05, 3.63) is 71.8 Å². The van der Waals surface area contributed by atoms with Crippen LogP contribution in [0, 0.1) is 0 Å². The van der Waals surface area contributed by atoms with Crippen molar-refractivity contribution in [1.29, 1.82) is 0 Å². The number of hydrogen-bond donors (Lipinski definition) is 1. The molecule has 1 fully saturated rings. The highest BCUT2D eigenvalue weighted by Crippen LogP contribution is 2.44. The van der Waals surface area contributed by atoms with E-state index in [2.05, 4.69) is 5.32 Å². The quantitative estimate of drug-likeness (QED) is 0.404. The molecule has 1 unspecified atom stereocenters. The summed E-state index contributed by atoms with van der Waals surface area (Å²) in [7, 11) is -5.75. The number of nitrogens with one attached hydrogen (secondary N) is 1. The maximum atomic E-state index is 13.0. The fourth-order valence-corrected chi connectivity index (χ4v) is 11.1. The zero-order chi connectivity index (χ0) is 25.9. The third kappa shape index (κ3) is 6.59. The van der Waals surface area contributed by atoms with Crippen LogP contribution in [-0.2, 0) is 37.4 Å². The molecule has 0 radical (unpaired) electrons. The number of amides is 1. The van der Waals surface area contributed by atoms with Gasteiger partial charge in [-0.3, -0.25) is 4.79 Å². The summed E-state index contributed by atoms with van der Waals surface area (Å²) in [5.74, 6) is -0.922. The third-order valence-electron chi connectivity index (χ3n) is 6.97. The number of nitrogens with zero attached hydrogens (tertiary/aromatic N) is 1. The van der Waals surface area contributed by atoms with Crippen LogP contribution in [0.2, 0.25) is 18.1 Å². The summed E-state index contributed by atoms with van der Waals surface area (Å²) < 4.78 is 32.4. The Bertz CT molecular complexity index is 1130. The highest BCUT2D eigenvalue weighted by Gasteiger charge is 2.56. The minimum Gasteiger partial charge on any atom is -0.459 e. The van der Waals surface area contributed by atoms with Gasteiger partial charge in [0.2, 0.25) is 15.9 Å². The van der Waals surface area contributed by atoms with Crippen LogP contribution in [-0.4, -0.2) is 50.3 Å². The molecular weight excluding hydrogens is 480 g/mol. The molecular formula is C26H36N2O5SSi. The van der Waals surface area contributed by atoms with Crippen molar-refractivity contribution in [3.8, 4) is 0 Å². The minimum atomic E-state index is -3.37. The Balaban J connectivity index is 1.70. The van der Waals surface area contributed by atoms with Gasteiger partial charge in [-0.1, -0.05) is 94.5 Å². The van der Waals surface area contributed by atoms with Gasteiger partial charge < -0.3 is 10.1 Å². The summed E-state index contributed by atoms with van der Waals surface area (Å²) in [5, 5.41) is 2.63. The lowest BCUT2D eigenvalue weighted by molar-refractivity contribution is -0.149. The Morgan fingerprint density at radius 2 is 1.57 bits per heavy atom. The molecule has 0 saturated carbocycles. The molecule has 3 rings (SSSR count). The Hall–Kier alpha value is -2.49. The van der Waals surface area contributed by atoms with Crippen LogP contribution in [0.4, 0.5) is 0 Å². The molecule has 1 aliphatic rings. The van der Waals surface area contributed by atoms with Gasteiger partial charge in [0.1, 0.15) is 20.9 Å². The van der Waals surface area contributed by atoms with Gasteiger partial charge in [-0.15, -0.1) is 0 Å². The first-order valence-electron chi connectivity index (χ1n) is 11.9. The van der Waals surface area contributed by atoms with Gasteiger partial charge in [-0.05, 0) is 16.2 Å². The van der Waals surface area contributed by atoms with E-state index >= 15 is 0 Å². The minimum absolute atomic E-state index is 0.0169. The smallest absolute Gasteiger partial charge is 0.329 e. The summed E-state index contributed by atoms with van der Waals surface area (Å²) in [6.07, 6.45) is 0.304. The summed E-state index contributed by atoms with van der Waals surface area (Å²) in [6, 6.07) is 17.5. The van der Waals surface area contributed by atoms with E-state index in [9.17, 15) is 18.0 Å². The predicted molar refractivity (Wildman–Crippen MR) is 140 cm³/mol. The monoisotopic (exact) mass is 516 g/mol. The fourth-order valence-electron chi connectivity index (χ4n) is 4.15. The number of esters is 1. The number of benzene rings is 2. The van der Waals surface area contributed by atoms with Gasteiger partial charge in [0.15, 0.2) is 0 Å². The van der Waals surface area contributed by atoms with E-state index in [1.165, 1.54) is 0 Å². The standard InChI is InChI=1S/C26H36N2O5SSi/c1-26(2,3)35(4,5)28-22(19-34(28,31)32)17-24(29)27-23(16-20-12-8-6-9-13-20)25(30)33-18-21-14-10-7-11-15-21/h6-15,22-23H,16-19H2,1-5H3,(H,27,29)/t22?,23-/m0/s1. The average Bonchev–Trinajstić information content (AvgIpc) is 2.76. The van der Waals surface area contributed by atoms with Crippen molar-refractivity contribution in [2.75, 3.05) is 5.75 Å². The number of ether oxygens (including phenoxy) is 1. The molecule has 2 atom stereocenters. The first-order valence-corrected chi connectivity index (χ1v) is 16.4. The van der Waals surface area contributed by atoms with Crippen molar-refractivity contribution in [1.82, 2.24) is 9.29 Å². The second-order valence-electron chi connectivity index (χ2n) is 10.6. The second-order valence-corrected chi connectivity index (χ2v) is 18.0. The highest BCUT2D eigenvalue weighted by atomic mass is 32.2. The zero-order valence-electron chi connectivity index (χ0n) is 21.2. The predicted octanol–water partition coefficient (Wildman–Crippen LogP) is 3.87. The largest absolute Gasteiger partial charge is 0.459 e. The molecule has 0 bridgehead atoms. The van der Waals surface area contributed by atoms with Gasteiger partial charge in [0, 0.05) is 18.9 Å². The zero-order valence-corrected chi connectivity index (χ0v) is 23.0. The van der Waals surface area contributed by atoms with Crippen molar-refractivity contribution in [2.24, 2.45) is 0 Å². The van der Waals surface area contributed by atoms with E-state index in [1.807, 2.05) is 94.5 Å². The molecule has 1 aliphatic heterocycles. The molecule has 1 amide bonds. The Morgan fingerprint density at radius 3 is 2.09 bits per heavy atom. The average molecular weight is 517 g/mol. The molecule has 2 aromatic rings. The molecule has 0 spiro atoms. The third-order valence-corrected chi connectivity index (χ3v) is 16.0. The Labute approximate surface area is 210 Å². The molecule has 0 aliphatic carbocycles. The van der Waals surface area contributed by atoms with Crippen LogP contribution in [0.5, 0.6) is 0 Å². The van der Waals surface area contributed by atoms with E-state index in [0.29, 0.717) is 0 Å². The van der Waals surface area contributed by atoms with Crippen LogP contribution in [0.3, 0.4) is 0 Å². The lowest BCUT2D eigenvalue weighted by Crippen LogP contribution is -2.70. The molecule has 35 heavy (non-hydrogen) atoms. The van der Waals surface area contributed by atoms with Gasteiger partial charge in [0.25, 0.3) is 0 Å². The first-order chi connectivity index (χ1) is 16.3. The van der Waals surface area contributed by atoms with Crippen molar-refractivity contribution >= 4 is 30.1 Å². The summed E-state index contributed by atoms with van der Waals surface area (Å²) in [6.45, 7) is 10.3. The summed E-state index contributed by atoms with van der Waals surface area (Å²) in [5.41, 5.74) is 1.75. The van der Waals surface area contributed by atoms with Crippen molar-refractivity contribution in [2.45, 2.75) is 70.4 Å². The van der Waals surface area contributed by atoms with Gasteiger partial charge >= 0.3 is 5.97 Å².